The number of unbranched alkanes of at least 4 members (excludes halogenated alkanes) is 24. The van der Waals surface area contributed by atoms with E-state index in [-0.39, 0.29) is 32.2 Å². The molecule has 0 radical (unpaired) electrons. The highest BCUT2D eigenvalue weighted by molar-refractivity contribution is 5.71. The molecule has 0 spiro atoms. The fourth-order valence-electron chi connectivity index (χ4n) is 6.74. The highest BCUT2D eigenvalue weighted by Gasteiger charge is 2.25. The molecule has 2 unspecified atom stereocenters. The number of hydrogen-bond acceptors (Lipinski definition) is 7. The smallest absolute Gasteiger partial charge is 0.361 e. The van der Waals surface area contributed by atoms with Gasteiger partial charge < -0.3 is 28.5 Å². The third kappa shape index (κ3) is 43.6. The minimum absolute atomic E-state index is 0.185. The zero-order valence-electron chi connectivity index (χ0n) is 39.6. The van der Waals surface area contributed by atoms with E-state index in [1.54, 1.807) is 0 Å². The molecule has 0 fully saturated rings. The van der Waals surface area contributed by atoms with Crippen LogP contribution in [0.1, 0.15) is 213 Å². The molecule has 9 nitrogen and oxygen atoms in total. The van der Waals surface area contributed by atoms with E-state index in [1.165, 1.54) is 122 Å². The van der Waals surface area contributed by atoms with Crippen LogP contribution >= 0.6 is 0 Å². The molecule has 0 heterocycles. The Hall–Kier alpha value is -2.49. The lowest BCUT2D eigenvalue weighted by Gasteiger charge is -2.25. The molecule has 0 aliphatic rings. The first-order chi connectivity index (χ1) is 29.1. The van der Waals surface area contributed by atoms with Gasteiger partial charge in [0, 0.05) is 12.8 Å². The molecule has 0 saturated heterocycles. The van der Waals surface area contributed by atoms with Crippen molar-refractivity contribution < 1.29 is 42.9 Å². The minimum atomic E-state index is -1.51. The summed E-state index contributed by atoms with van der Waals surface area (Å²) in [6, 6.07) is 0. The van der Waals surface area contributed by atoms with Gasteiger partial charge in [-0.1, -0.05) is 166 Å². The molecule has 0 saturated carbocycles. The molecule has 60 heavy (non-hydrogen) atoms. The number of likely N-dealkylation sites (N-methyl/N-ethyl adjacent to an activating group) is 1. The second kappa shape index (κ2) is 43.2. The number of hydrogen-bond donors (Lipinski definition) is 1. The highest BCUT2D eigenvalue weighted by Crippen LogP contribution is 2.14. The van der Waals surface area contributed by atoms with Crippen molar-refractivity contribution in [1.29, 1.82) is 0 Å². The van der Waals surface area contributed by atoms with Crippen molar-refractivity contribution in [3.63, 3.8) is 0 Å². The van der Waals surface area contributed by atoms with Crippen LogP contribution in [0.5, 0.6) is 0 Å². The average Bonchev–Trinajstić information content (AvgIpc) is 3.21. The van der Waals surface area contributed by atoms with E-state index in [0.29, 0.717) is 23.9 Å². The Bertz CT molecular complexity index is 1080. The summed E-state index contributed by atoms with van der Waals surface area (Å²) in [6.07, 6.45) is 46.3. The molecule has 2 atom stereocenters. The van der Waals surface area contributed by atoms with Crippen molar-refractivity contribution in [3.8, 4) is 0 Å². The van der Waals surface area contributed by atoms with Crippen LogP contribution in [-0.4, -0.2) is 87.4 Å². The fourth-order valence-corrected chi connectivity index (χ4v) is 6.74. The monoisotopic (exact) mass is 849 g/mol. The van der Waals surface area contributed by atoms with Gasteiger partial charge in [-0.3, -0.25) is 9.59 Å². The zero-order chi connectivity index (χ0) is 44.2. The Morgan fingerprint density at radius 3 is 1.35 bits per heavy atom. The summed E-state index contributed by atoms with van der Waals surface area (Å²) in [6.45, 7) is 4.84. The van der Waals surface area contributed by atoms with Crippen LogP contribution < -0.4 is 0 Å². The maximum absolute atomic E-state index is 12.8. The summed E-state index contributed by atoms with van der Waals surface area (Å²) < 4.78 is 22.8. The fraction of sp³-hybridized carbons (Fsp3) is 0.824. The van der Waals surface area contributed by atoms with Gasteiger partial charge in [-0.05, 0) is 70.6 Å². The number of aliphatic carboxylic acids is 1. The van der Waals surface area contributed by atoms with Crippen LogP contribution in [0.4, 0.5) is 0 Å². The minimum Gasteiger partial charge on any atom is -0.477 e. The van der Waals surface area contributed by atoms with Crippen molar-refractivity contribution in [3.05, 3.63) is 36.5 Å². The van der Waals surface area contributed by atoms with Crippen LogP contribution in [0.25, 0.3) is 0 Å². The molecular weight excluding hydrogens is 755 g/mol. The van der Waals surface area contributed by atoms with Crippen LogP contribution in [0.15, 0.2) is 36.5 Å². The summed E-state index contributed by atoms with van der Waals surface area (Å²) in [5.41, 5.74) is 0. The maximum atomic E-state index is 12.8. The molecule has 0 aliphatic carbocycles. The van der Waals surface area contributed by atoms with E-state index in [4.69, 9.17) is 18.9 Å². The molecule has 0 aliphatic heterocycles. The predicted molar refractivity (Wildman–Crippen MR) is 249 cm³/mol. The lowest BCUT2D eigenvalue weighted by Crippen LogP contribution is -2.40. The number of carboxylic acids is 1. The van der Waals surface area contributed by atoms with Crippen LogP contribution in [0, 0.1) is 0 Å². The topological polar surface area (TPSA) is 108 Å². The van der Waals surface area contributed by atoms with Crippen molar-refractivity contribution >= 4 is 17.9 Å². The van der Waals surface area contributed by atoms with Crippen LogP contribution in [0.3, 0.4) is 0 Å². The number of esters is 2. The first kappa shape index (κ1) is 57.5. The van der Waals surface area contributed by atoms with E-state index in [9.17, 15) is 19.5 Å². The number of rotatable bonds is 45. The third-order valence-corrected chi connectivity index (χ3v) is 10.6. The first-order valence-electron chi connectivity index (χ1n) is 24.7. The third-order valence-electron chi connectivity index (χ3n) is 10.6. The number of carboxylic acid groups (broad SMARTS) is 1. The summed E-state index contributed by atoms with van der Waals surface area (Å²) in [5.74, 6) is -2.02. The lowest BCUT2D eigenvalue weighted by atomic mass is 10.1. The van der Waals surface area contributed by atoms with Gasteiger partial charge in [-0.25, -0.2) is 4.79 Å². The molecule has 0 rings (SSSR count). The van der Waals surface area contributed by atoms with Gasteiger partial charge in [0.25, 0.3) is 6.29 Å². The molecule has 0 aromatic heterocycles. The molecule has 0 bridgehead atoms. The molecule has 0 aromatic rings. The van der Waals surface area contributed by atoms with E-state index in [1.807, 2.05) is 21.1 Å². The Balaban J connectivity index is 4.38. The van der Waals surface area contributed by atoms with Gasteiger partial charge in [0.2, 0.25) is 0 Å². The number of allylic oxidation sites excluding steroid dienone is 6. The Morgan fingerprint density at radius 2 is 0.900 bits per heavy atom. The quantitative estimate of drug-likeness (QED) is 0.0212. The Kier molecular flexibility index (Phi) is 41.4. The Morgan fingerprint density at radius 1 is 0.500 bits per heavy atom. The van der Waals surface area contributed by atoms with E-state index >= 15 is 0 Å². The first-order valence-corrected chi connectivity index (χ1v) is 24.7. The molecule has 350 valence electrons. The van der Waals surface area contributed by atoms with Crippen LogP contribution in [0.2, 0.25) is 0 Å². The van der Waals surface area contributed by atoms with E-state index in [2.05, 4.69) is 50.3 Å². The summed E-state index contributed by atoms with van der Waals surface area (Å²) in [4.78, 5) is 37.2. The molecule has 0 aromatic carbocycles. The molecule has 1 N–H and O–H groups in total. The van der Waals surface area contributed by atoms with Gasteiger partial charge in [-0.2, -0.15) is 0 Å². The Labute approximate surface area is 369 Å². The molecular formula is C51H94NO8+. The lowest BCUT2D eigenvalue weighted by molar-refractivity contribution is -0.870. The van der Waals surface area contributed by atoms with Crippen molar-refractivity contribution in [2.45, 2.75) is 225 Å². The highest BCUT2D eigenvalue weighted by atomic mass is 16.7. The van der Waals surface area contributed by atoms with Gasteiger partial charge in [-0.15, -0.1) is 0 Å². The van der Waals surface area contributed by atoms with Crippen molar-refractivity contribution in [2.75, 3.05) is 47.5 Å². The molecule has 0 amide bonds. The van der Waals surface area contributed by atoms with Gasteiger partial charge >= 0.3 is 17.9 Å². The van der Waals surface area contributed by atoms with Crippen LogP contribution in [-0.2, 0) is 33.3 Å². The van der Waals surface area contributed by atoms with Crippen molar-refractivity contribution in [2.24, 2.45) is 0 Å². The summed E-state index contributed by atoms with van der Waals surface area (Å²) in [7, 11) is 5.95. The van der Waals surface area contributed by atoms with E-state index < -0.39 is 24.3 Å². The predicted octanol–water partition coefficient (Wildman–Crippen LogP) is 13.4. The second-order valence-corrected chi connectivity index (χ2v) is 17.8. The van der Waals surface area contributed by atoms with Gasteiger partial charge in [0.15, 0.2) is 6.10 Å². The number of quaternary nitrogens is 1. The number of nitrogens with zero attached hydrogens (tertiary/aromatic N) is 1. The standard InChI is InChI=1S/C51H93NO8/c1-6-8-10-12-14-16-18-20-22-24-25-26-28-29-31-33-35-37-39-41-48(53)58-45-47(46-59-51(50(55)56)57-44-43-52(3,4)5)60-49(54)42-40-38-36-34-32-30-27-23-21-19-17-15-13-11-9-7-2/h17,19-20,22-23,27,47,51H,6-16,18,21,24-26,28-46H2,1-5H3/p+1/b19-17-,22-20-,27-23-. The number of carbonyl (C=O) groups is 3. The summed E-state index contributed by atoms with van der Waals surface area (Å²) in [5, 5.41) is 9.65. The van der Waals surface area contributed by atoms with Gasteiger partial charge in [0.05, 0.1) is 34.4 Å². The normalized spacial score (nSPS) is 13.2. The number of carbonyl (C=O) groups excluding carboxylic acids is 2. The maximum Gasteiger partial charge on any atom is 0.361 e. The van der Waals surface area contributed by atoms with Gasteiger partial charge in [0.1, 0.15) is 13.2 Å². The second-order valence-electron chi connectivity index (χ2n) is 17.8. The summed E-state index contributed by atoms with van der Waals surface area (Å²) >= 11 is 0. The average molecular weight is 849 g/mol. The van der Waals surface area contributed by atoms with E-state index in [0.717, 1.165) is 57.8 Å². The van der Waals surface area contributed by atoms with Crippen molar-refractivity contribution in [1.82, 2.24) is 0 Å². The SMILES string of the molecule is CCCCCC/C=C\C/C=C\CCCCCCCC(=O)OC(COC(=O)CCCCCCCCCCC/C=C\CCCCCCCC)COC(OCC[N+](C)(C)C)C(=O)O. The number of ether oxygens (including phenoxy) is 4. The molecule has 9 heteroatoms. The largest absolute Gasteiger partial charge is 0.477 e. The zero-order valence-corrected chi connectivity index (χ0v) is 39.6.